The van der Waals surface area contributed by atoms with Crippen LogP contribution >= 0.6 is 0 Å². The zero-order valence-electron chi connectivity index (χ0n) is 15.6. The summed E-state index contributed by atoms with van der Waals surface area (Å²) in [5.41, 5.74) is 7.23. The van der Waals surface area contributed by atoms with Crippen LogP contribution in [-0.2, 0) is 20.9 Å². The number of nitrogens with zero attached hydrogens (tertiary/aromatic N) is 1. The maximum absolute atomic E-state index is 12.3. The molecule has 27 heavy (non-hydrogen) atoms. The van der Waals surface area contributed by atoms with Gasteiger partial charge in [-0.15, -0.1) is 0 Å². The van der Waals surface area contributed by atoms with Crippen molar-refractivity contribution >= 4 is 23.4 Å². The monoisotopic (exact) mass is 372 g/mol. The predicted octanol–water partition coefficient (Wildman–Crippen LogP) is 1.38. The number of primary amides is 1. The standard InChI is InChI=1S/C20H28N4O3/c21-19(26)17-7-4-12-24(17)13-15-5-1-2-6-16(15)23-18(25)8-3-11-22-20(27)14-9-10-14/h1-2,5-6,14,17H,3-4,7-13H2,(H2,21,26)(H,22,27)(H,23,25). The number of amides is 3. The maximum Gasteiger partial charge on any atom is 0.234 e. The second-order valence-corrected chi connectivity index (χ2v) is 7.41. The summed E-state index contributed by atoms with van der Waals surface area (Å²) >= 11 is 0. The van der Waals surface area contributed by atoms with Crippen LogP contribution in [0.2, 0.25) is 0 Å². The molecule has 1 aromatic carbocycles. The lowest BCUT2D eigenvalue weighted by molar-refractivity contribution is -0.123. The first-order valence-electron chi connectivity index (χ1n) is 9.73. The van der Waals surface area contributed by atoms with Crippen LogP contribution in [0.5, 0.6) is 0 Å². The van der Waals surface area contributed by atoms with Crippen LogP contribution in [0.15, 0.2) is 24.3 Å². The van der Waals surface area contributed by atoms with E-state index in [4.69, 9.17) is 5.73 Å². The Morgan fingerprint density at radius 3 is 2.67 bits per heavy atom. The number of likely N-dealkylation sites (tertiary alicyclic amines) is 1. The summed E-state index contributed by atoms with van der Waals surface area (Å²) in [4.78, 5) is 37.5. The largest absolute Gasteiger partial charge is 0.368 e. The summed E-state index contributed by atoms with van der Waals surface area (Å²) < 4.78 is 0. The van der Waals surface area contributed by atoms with Crippen molar-refractivity contribution in [2.24, 2.45) is 11.7 Å². The fourth-order valence-corrected chi connectivity index (χ4v) is 3.50. The molecule has 7 nitrogen and oxygen atoms in total. The Balaban J connectivity index is 1.48. The first kappa shape index (κ1) is 19.4. The van der Waals surface area contributed by atoms with Gasteiger partial charge in [-0.25, -0.2) is 0 Å². The molecule has 1 aliphatic heterocycles. The van der Waals surface area contributed by atoms with Gasteiger partial charge < -0.3 is 16.4 Å². The van der Waals surface area contributed by atoms with E-state index in [1.165, 1.54) is 0 Å². The molecule has 4 N–H and O–H groups in total. The average Bonchev–Trinajstić information content (AvgIpc) is 3.39. The minimum atomic E-state index is -0.290. The van der Waals surface area contributed by atoms with Gasteiger partial charge in [0.05, 0.1) is 6.04 Å². The highest BCUT2D eigenvalue weighted by Crippen LogP contribution is 2.28. The molecule has 3 rings (SSSR count). The Morgan fingerprint density at radius 2 is 1.93 bits per heavy atom. The molecule has 1 aromatic rings. The third-order valence-electron chi connectivity index (χ3n) is 5.18. The summed E-state index contributed by atoms with van der Waals surface area (Å²) in [6.07, 6.45) is 4.67. The van der Waals surface area contributed by atoms with Crippen molar-refractivity contribution in [3.05, 3.63) is 29.8 Å². The summed E-state index contributed by atoms with van der Waals surface area (Å²) in [6.45, 7) is 1.94. The van der Waals surface area contributed by atoms with Gasteiger partial charge in [-0.05, 0) is 50.3 Å². The Morgan fingerprint density at radius 1 is 1.15 bits per heavy atom. The van der Waals surface area contributed by atoms with Gasteiger partial charge in [-0.1, -0.05) is 18.2 Å². The second-order valence-electron chi connectivity index (χ2n) is 7.41. The van der Waals surface area contributed by atoms with Crippen molar-refractivity contribution in [3.63, 3.8) is 0 Å². The molecule has 2 aliphatic rings. The molecule has 1 saturated carbocycles. The van der Waals surface area contributed by atoms with Crippen molar-refractivity contribution in [1.82, 2.24) is 10.2 Å². The van der Waals surface area contributed by atoms with E-state index in [9.17, 15) is 14.4 Å². The Labute approximate surface area is 159 Å². The van der Waals surface area contributed by atoms with E-state index in [-0.39, 0.29) is 29.7 Å². The molecule has 2 fully saturated rings. The summed E-state index contributed by atoms with van der Waals surface area (Å²) in [5.74, 6) is -0.0610. The number of para-hydroxylation sites is 1. The predicted molar refractivity (Wildman–Crippen MR) is 103 cm³/mol. The number of hydrogen-bond acceptors (Lipinski definition) is 4. The van der Waals surface area contributed by atoms with Gasteiger partial charge in [-0.3, -0.25) is 19.3 Å². The number of anilines is 1. The molecule has 0 spiro atoms. The Hall–Kier alpha value is -2.41. The lowest BCUT2D eigenvalue weighted by Crippen LogP contribution is -2.39. The van der Waals surface area contributed by atoms with Gasteiger partial charge in [0.1, 0.15) is 0 Å². The van der Waals surface area contributed by atoms with Crippen molar-refractivity contribution in [3.8, 4) is 0 Å². The minimum absolute atomic E-state index is 0.0732. The van der Waals surface area contributed by atoms with Crippen molar-refractivity contribution in [2.45, 2.75) is 51.1 Å². The Kier molecular flexibility index (Phi) is 6.45. The third kappa shape index (κ3) is 5.53. The van der Waals surface area contributed by atoms with Crippen LogP contribution in [-0.4, -0.2) is 41.8 Å². The lowest BCUT2D eigenvalue weighted by atomic mass is 10.1. The average molecular weight is 372 g/mol. The van der Waals surface area contributed by atoms with E-state index < -0.39 is 0 Å². The number of nitrogens with one attached hydrogen (secondary N) is 2. The van der Waals surface area contributed by atoms with E-state index in [1.54, 1.807) is 0 Å². The smallest absolute Gasteiger partial charge is 0.234 e. The number of hydrogen-bond donors (Lipinski definition) is 3. The molecule has 1 heterocycles. The van der Waals surface area contributed by atoms with Crippen molar-refractivity contribution in [2.75, 3.05) is 18.4 Å². The maximum atomic E-state index is 12.3. The van der Waals surface area contributed by atoms with Crippen LogP contribution < -0.4 is 16.4 Å². The topological polar surface area (TPSA) is 105 Å². The molecule has 3 amide bonds. The fourth-order valence-electron chi connectivity index (χ4n) is 3.50. The number of carbonyl (C=O) groups excluding carboxylic acids is 3. The van der Waals surface area contributed by atoms with Gasteiger partial charge in [0, 0.05) is 31.1 Å². The molecule has 1 unspecified atom stereocenters. The van der Waals surface area contributed by atoms with Gasteiger partial charge in [0.2, 0.25) is 17.7 Å². The van der Waals surface area contributed by atoms with Crippen molar-refractivity contribution < 1.29 is 14.4 Å². The minimum Gasteiger partial charge on any atom is -0.368 e. The molecule has 1 aliphatic carbocycles. The number of nitrogens with two attached hydrogens (primary N) is 1. The first-order valence-corrected chi connectivity index (χ1v) is 9.73. The first-order chi connectivity index (χ1) is 13.0. The second kappa shape index (κ2) is 8.99. The number of rotatable bonds is 9. The van der Waals surface area contributed by atoms with Gasteiger partial charge in [0.25, 0.3) is 0 Å². The van der Waals surface area contributed by atoms with E-state index in [0.717, 1.165) is 43.5 Å². The van der Waals surface area contributed by atoms with E-state index in [1.807, 2.05) is 24.3 Å². The molecular formula is C20H28N4O3. The highest BCUT2D eigenvalue weighted by atomic mass is 16.2. The van der Waals surface area contributed by atoms with Crippen molar-refractivity contribution in [1.29, 1.82) is 0 Å². The lowest BCUT2D eigenvalue weighted by Gasteiger charge is -2.23. The van der Waals surface area contributed by atoms with Crippen LogP contribution in [0, 0.1) is 5.92 Å². The van der Waals surface area contributed by atoms with Crippen LogP contribution in [0.3, 0.4) is 0 Å². The molecule has 7 heteroatoms. The SMILES string of the molecule is NC(=O)C1CCCN1Cc1ccccc1NC(=O)CCCNC(=O)C1CC1. The van der Waals surface area contributed by atoms with Gasteiger partial charge in [-0.2, -0.15) is 0 Å². The summed E-state index contributed by atoms with van der Waals surface area (Å²) in [5, 5.41) is 5.83. The molecule has 0 radical (unpaired) electrons. The molecule has 1 saturated heterocycles. The molecule has 0 bridgehead atoms. The van der Waals surface area contributed by atoms with Crippen LogP contribution in [0.1, 0.15) is 44.1 Å². The summed E-state index contributed by atoms with van der Waals surface area (Å²) in [6, 6.07) is 7.40. The molecular weight excluding hydrogens is 344 g/mol. The molecule has 1 atom stereocenters. The zero-order chi connectivity index (χ0) is 19.2. The van der Waals surface area contributed by atoms with Crippen LogP contribution in [0.4, 0.5) is 5.69 Å². The van der Waals surface area contributed by atoms with Crippen LogP contribution in [0.25, 0.3) is 0 Å². The summed E-state index contributed by atoms with van der Waals surface area (Å²) in [7, 11) is 0. The number of carbonyl (C=O) groups is 3. The van der Waals surface area contributed by atoms with E-state index in [2.05, 4.69) is 15.5 Å². The van der Waals surface area contributed by atoms with Gasteiger partial charge in [0.15, 0.2) is 0 Å². The molecule has 0 aromatic heterocycles. The van der Waals surface area contributed by atoms with E-state index in [0.29, 0.717) is 25.9 Å². The fraction of sp³-hybridized carbons (Fsp3) is 0.550. The highest BCUT2D eigenvalue weighted by molar-refractivity contribution is 5.91. The van der Waals surface area contributed by atoms with E-state index >= 15 is 0 Å². The van der Waals surface area contributed by atoms with Gasteiger partial charge >= 0.3 is 0 Å². The zero-order valence-corrected chi connectivity index (χ0v) is 15.6. The molecule has 146 valence electrons. The Bertz CT molecular complexity index is 702. The quantitative estimate of drug-likeness (QED) is 0.570. The number of benzene rings is 1. The highest BCUT2D eigenvalue weighted by Gasteiger charge is 2.30. The normalized spacial score (nSPS) is 19.6. The third-order valence-corrected chi connectivity index (χ3v) is 5.18.